The van der Waals surface area contributed by atoms with Gasteiger partial charge in [-0.1, -0.05) is 72.0 Å². The Morgan fingerprint density at radius 1 is 1.12 bits per heavy atom. The van der Waals surface area contributed by atoms with Crippen LogP contribution in [0.1, 0.15) is 27.8 Å². The Kier molecular flexibility index (Phi) is 7.89. The number of thioether (sulfide) groups is 1. The maximum absolute atomic E-state index is 13.0. The average Bonchev–Trinajstić information content (AvgIpc) is 3.07. The predicted octanol–water partition coefficient (Wildman–Crippen LogP) is 7.37. The van der Waals surface area contributed by atoms with Gasteiger partial charge in [-0.25, -0.2) is 0 Å². The van der Waals surface area contributed by atoms with E-state index in [4.69, 9.17) is 17.0 Å². The van der Waals surface area contributed by atoms with Gasteiger partial charge in [0.15, 0.2) is 0 Å². The molecule has 0 saturated carbocycles. The zero-order valence-electron chi connectivity index (χ0n) is 18.0. The fourth-order valence-electron chi connectivity index (χ4n) is 3.37. The van der Waals surface area contributed by atoms with Crippen LogP contribution in [0, 0.1) is 18.3 Å². The quantitative estimate of drug-likeness (QED) is 0.215. The lowest BCUT2D eigenvalue weighted by Crippen LogP contribution is -2.27. The number of thiocarbonyl (C=S) groups is 1. The first kappa shape index (κ1) is 24.7. The molecule has 34 heavy (non-hydrogen) atoms. The molecule has 0 aliphatic carbocycles. The highest BCUT2D eigenvalue weighted by molar-refractivity contribution is 9.11. The summed E-state index contributed by atoms with van der Waals surface area (Å²) in [5, 5.41) is 9.28. The van der Waals surface area contributed by atoms with Crippen molar-refractivity contribution in [2.75, 3.05) is 0 Å². The van der Waals surface area contributed by atoms with Gasteiger partial charge in [0.1, 0.15) is 16.7 Å². The predicted molar refractivity (Wildman–Crippen MR) is 147 cm³/mol. The van der Waals surface area contributed by atoms with Gasteiger partial charge in [0.2, 0.25) is 0 Å². The molecule has 1 saturated heterocycles. The normalized spacial score (nSPS) is 14.5. The summed E-state index contributed by atoms with van der Waals surface area (Å²) in [6, 6.07) is 21.4. The number of nitrogens with zero attached hydrogens (tertiary/aromatic N) is 2. The van der Waals surface area contributed by atoms with Crippen molar-refractivity contribution in [3.63, 3.8) is 0 Å². The molecule has 0 N–H and O–H groups in total. The molecule has 1 amide bonds. The number of ether oxygens (including phenoxy) is 1. The van der Waals surface area contributed by atoms with Gasteiger partial charge in [-0.3, -0.25) is 9.69 Å². The molecule has 0 radical (unpaired) electrons. The molecule has 1 heterocycles. The lowest BCUT2D eigenvalue weighted by atomic mass is 10.1. The van der Waals surface area contributed by atoms with Crippen LogP contribution in [0.2, 0.25) is 0 Å². The van der Waals surface area contributed by atoms with Gasteiger partial charge in [0.25, 0.3) is 5.91 Å². The van der Waals surface area contributed by atoms with E-state index in [0.29, 0.717) is 27.1 Å². The van der Waals surface area contributed by atoms with Crippen molar-refractivity contribution in [2.24, 2.45) is 0 Å². The lowest BCUT2D eigenvalue weighted by molar-refractivity contribution is -0.122. The molecule has 4 nitrogen and oxygen atoms in total. The van der Waals surface area contributed by atoms with E-state index < -0.39 is 0 Å². The first-order valence-electron chi connectivity index (χ1n) is 10.3. The summed E-state index contributed by atoms with van der Waals surface area (Å²) in [6.07, 6.45) is 1.83. The van der Waals surface area contributed by atoms with E-state index in [9.17, 15) is 10.1 Å². The third-order valence-electron chi connectivity index (χ3n) is 5.16. The molecular formula is C26H18Br2N2O2S2. The summed E-state index contributed by atoms with van der Waals surface area (Å²) in [4.78, 5) is 15.2. The molecular weight excluding hydrogens is 596 g/mol. The molecule has 0 aromatic heterocycles. The van der Waals surface area contributed by atoms with Crippen LogP contribution in [-0.4, -0.2) is 15.1 Å². The van der Waals surface area contributed by atoms with E-state index in [2.05, 4.69) is 37.9 Å². The van der Waals surface area contributed by atoms with Crippen LogP contribution >= 0.6 is 55.8 Å². The van der Waals surface area contributed by atoms with Gasteiger partial charge in [-0.15, -0.1) is 0 Å². The minimum Gasteiger partial charge on any atom is -0.486 e. The summed E-state index contributed by atoms with van der Waals surface area (Å²) in [5.74, 6) is 0.521. The Morgan fingerprint density at radius 3 is 2.47 bits per heavy atom. The molecule has 170 valence electrons. The van der Waals surface area contributed by atoms with E-state index in [1.165, 1.54) is 17.3 Å². The highest BCUT2D eigenvalue weighted by Gasteiger charge is 2.32. The number of aryl methyl sites for hydroxylation is 1. The molecule has 8 heteroatoms. The van der Waals surface area contributed by atoms with E-state index in [1.807, 2.05) is 67.6 Å². The van der Waals surface area contributed by atoms with Gasteiger partial charge < -0.3 is 4.74 Å². The van der Waals surface area contributed by atoms with Crippen molar-refractivity contribution >= 4 is 72.1 Å². The van der Waals surface area contributed by atoms with Crippen molar-refractivity contribution in [3.05, 3.63) is 102 Å². The van der Waals surface area contributed by atoms with Crippen molar-refractivity contribution in [2.45, 2.75) is 20.1 Å². The molecule has 0 bridgehead atoms. The van der Waals surface area contributed by atoms with Crippen molar-refractivity contribution in [3.8, 4) is 11.8 Å². The largest absolute Gasteiger partial charge is 0.486 e. The van der Waals surface area contributed by atoms with Crippen LogP contribution in [0.15, 0.2) is 74.5 Å². The van der Waals surface area contributed by atoms with Gasteiger partial charge >= 0.3 is 0 Å². The number of benzene rings is 3. The summed E-state index contributed by atoms with van der Waals surface area (Å²) < 4.78 is 8.00. The Labute approximate surface area is 224 Å². The third kappa shape index (κ3) is 5.61. The van der Waals surface area contributed by atoms with Crippen molar-refractivity contribution in [1.82, 2.24) is 4.90 Å². The molecule has 0 unspecified atom stereocenters. The van der Waals surface area contributed by atoms with Crippen LogP contribution in [-0.2, 0) is 17.9 Å². The minimum absolute atomic E-state index is 0.101. The number of hydrogen-bond donors (Lipinski definition) is 0. The van der Waals surface area contributed by atoms with Gasteiger partial charge in [-0.05, 0) is 74.2 Å². The number of nitriles is 1. The maximum atomic E-state index is 13.0. The molecule has 4 rings (SSSR count). The molecule has 0 spiro atoms. The highest BCUT2D eigenvalue weighted by Crippen LogP contribution is 2.38. The molecule has 3 aromatic rings. The fourth-order valence-corrected chi connectivity index (χ4v) is 6.08. The summed E-state index contributed by atoms with van der Waals surface area (Å²) >= 11 is 13.9. The minimum atomic E-state index is -0.101. The van der Waals surface area contributed by atoms with E-state index in [1.54, 1.807) is 11.0 Å². The maximum Gasteiger partial charge on any atom is 0.266 e. The number of rotatable bonds is 6. The van der Waals surface area contributed by atoms with Crippen LogP contribution in [0.4, 0.5) is 0 Å². The number of amides is 1. The monoisotopic (exact) mass is 612 g/mol. The molecule has 1 fully saturated rings. The number of halogens is 2. The fraction of sp³-hybridized carbons (Fsp3) is 0.115. The summed E-state index contributed by atoms with van der Waals surface area (Å²) in [7, 11) is 0. The molecule has 1 aliphatic rings. The summed E-state index contributed by atoms with van der Waals surface area (Å²) in [6.45, 7) is 2.74. The Balaban J connectivity index is 1.51. The molecule has 0 atom stereocenters. The zero-order chi connectivity index (χ0) is 24.2. The van der Waals surface area contributed by atoms with Crippen molar-refractivity contribution in [1.29, 1.82) is 5.26 Å². The third-order valence-corrected chi connectivity index (χ3v) is 7.72. The number of carbonyl (C=O) groups is 1. The second-order valence-electron chi connectivity index (χ2n) is 7.62. The molecule has 1 aliphatic heterocycles. The SMILES string of the molecule is Cc1ccc(CN2C(=O)/C(=C/c3cc(Br)c(OCc4ccccc4C#N)c(Br)c3)SC2=S)cc1. The Hall–Kier alpha value is -2.44. The number of hydrogen-bond acceptors (Lipinski definition) is 5. The first-order chi connectivity index (χ1) is 16.4. The average molecular weight is 614 g/mol. The van der Waals surface area contributed by atoms with E-state index in [-0.39, 0.29) is 12.5 Å². The Bertz CT molecular complexity index is 1320. The number of carbonyl (C=O) groups excluding carboxylic acids is 1. The standard InChI is InChI=1S/C26H18Br2N2O2S2/c1-16-6-8-17(9-7-16)14-30-25(31)23(34-26(30)33)12-18-10-21(27)24(22(28)11-18)32-15-20-5-3-2-4-19(20)13-29/h2-12H,14-15H2,1H3/b23-12-. The molecule has 3 aromatic carbocycles. The lowest BCUT2D eigenvalue weighted by Gasteiger charge is -2.14. The second-order valence-corrected chi connectivity index (χ2v) is 11.0. The van der Waals surface area contributed by atoms with Crippen LogP contribution in [0.25, 0.3) is 6.08 Å². The zero-order valence-corrected chi connectivity index (χ0v) is 22.9. The van der Waals surface area contributed by atoms with Gasteiger partial charge in [0, 0.05) is 5.56 Å². The van der Waals surface area contributed by atoms with E-state index >= 15 is 0 Å². The van der Waals surface area contributed by atoms with Crippen LogP contribution < -0.4 is 4.74 Å². The highest BCUT2D eigenvalue weighted by atomic mass is 79.9. The van der Waals surface area contributed by atoms with Gasteiger partial charge in [-0.2, -0.15) is 5.26 Å². The van der Waals surface area contributed by atoms with Crippen LogP contribution in [0.5, 0.6) is 5.75 Å². The smallest absolute Gasteiger partial charge is 0.266 e. The summed E-state index contributed by atoms with van der Waals surface area (Å²) in [5.41, 5.74) is 4.43. The first-order valence-corrected chi connectivity index (χ1v) is 13.1. The van der Waals surface area contributed by atoms with E-state index in [0.717, 1.165) is 25.6 Å². The van der Waals surface area contributed by atoms with Gasteiger partial charge in [0.05, 0.1) is 32.0 Å². The Morgan fingerprint density at radius 2 is 1.79 bits per heavy atom. The topological polar surface area (TPSA) is 53.3 Å². The van der Waals surface area contributed by atoms with Crippen LogP contribution in [0.3, 0.4) is 0 Å². The second kappa shape index (κ2) is 10.9. The van der Waals surface area contributed by atoms with Crippen molar-refractivity contribution < 1.29 is 9.53 Å².